The molecule has 0 heterocycles. The molecule has 0 aliphatic rings. The molecule has 7 nitrogen and oxygen atoms in total. The molecule has 0 saturated heterocycles. The van der Waals surface area contributed by atoms with Crippen molar-refractivity contribution in [1.82, 2.24) is 0 Å². The Morgan fingerprint density at radius 3 is 2.19 bits per heavy atom. The van der Waals surface area contributed by atoms with Crippen LogP contribution in [-0.2, 0) is 10.0 Å². The van der Waals surface area contributed by atoms with Crippen LogP contribution in [0.1, 0.15) is 41.3 Å². The molecule has 3 aromatic rings. The molecule has 3 aromatic carbocycles. The number of nitrogen functional groups attached to an aromatic ring is 1. The molecule has 0 amide bonds. The van der Waals surface area contributed by atoms with Gasteiger partial charge in [0.25, 0.3) is 0 Å². The van der Waals surface area contributed by atoms with Crippen molar-refractivity contribution in [3.8, 4) is 17.2 Å². The SMILES string of the molecule is CC(C)c1cc(Oc2ccc(C(=O)c3c(S(N)(=O)=O)cc(Br)c(N)c3Br)cc2)ccc1O. The highest BCUT2D eigenvalue weighted by atomic mass is 79.9. The maximum atomic E-state index is 13.1. The number of hydrogen-bond acceptors (Lipinski definition) is 6. The van der Waals surface area contributed by atoms with Crippen LogP contribution in [0.25, 0.3) is 0 Å². The Labute approximate surface area is 202 Å². The molecule has 0 aliphatic heterocycles. The second-order valence-corrected chi connectivity index (χ2v) is 10.5. The number of phenolic OH excluding ortho intramolecular Hbond substituents is 1. The molecule has 5 N–H and O–H groups in total. The number of rotatable bonds is 6. The highest BCUT2D eigenvalue weighted by Gasteiger charge is 2.26. The number of hydrogen-bond donors (Lipinski definition) is 3. The summed E-state index contributed by atoms with van der Waals surface area (Å²) in [6.45, 7) is 3.92. The number of primary sulfonamides is 1. The lowest BCUT2D eigenvalue weighted by atomic mass is 10.0. The predicted molar refractivity (Wildman–Crippen MR) is 130 cm³/mol. The maximum absolute atomic E-state index is 13.1. The highest BCUT2D eigenvalue weighted by Crippen LogP contribution is 2.37. The number of carbonyl (C=O) groups excluding carboxylic acids is 1. The van der Waals surface area contributed by atoms with E-state index in [1.807, 2.05) is 13.8 Å². The van der Waals surface area contributed by atoms with Gasteiger partial charge in [0.15, 0.2) is 5.78 Å². The fourth-order valence-corrected chi connectivity index (χ4v) is 5.41. The van der Waals surface area contributed by atoms with Gasteiger partial charge in [0, 0.05) is 15.6 Å². The largest absolute Gasteiger partial charge is 0.508 e. The minimum atomic E-state index is -4.19. The van der Waals surface area contributed by atoms with Gasteiger partial charge in [-0.1, -0.05) is 13.8 Å². The van der Waals surface area contributed by atoms with Crippen LogP contribution in [0, 0.1) is 0 Å². The number of carbonyl (C=O) groups is 1. The van der Waals surface area contributed by atoms with Gasteiger partial charge in [-0.15, -0.1) is 0 Å². The molecule has 10 heteroatoms. The first-order chi connectivity index (χ1) is 14.9. The number of nitrogens with two attached hydrogens (primary N) is 2. The summed E-state index contributed by atoms with van der Waals surface area (Å²) in [5, 5.41) is 15.3. The standard InChI is InChI=1S/C22H20Br2N2O5S/c1-11(2)15-9-14(7-8-17(15)27)31-13-5-3-12(4-6-13)22(28)19-18(32(26,29)30)10-16(23)21(25)20(19)24/h3-11,27H,25H2,1-2H3,(H2,26,29,30). The average molecular weight is 584 g/mol. The summed E-state index contributed by atoms with van der Waals surface area (Å²) in [4.78, 5) is 12.8. The molecule has 0 bridgehead atoms. The number of halogens is 2. The summed E-state index contributed by atoms with van der Waals surface area (Å²) in [6, 6.07) is 12.4. The van der Waals surface area contributed by atoms with Gasteiger partial charge in [-0.2, -0.15) is 0 Å². The average Bonchev–Trinajstić information content (AvgIpc) is 2.72. The third kappa shape index (κ3) is 4.98. The molecule has 0 fully saturated rings. The van der Waals surface area contributed by atoms with Gasteiger partial charge in [0.05, 0.1) is 20.6 Å². The molecule has 0 spiro atoms. The van der Waals surface area contributed by atoms with E-state index in [1.54, 1.807) is 30.3 Å². The first-order valence-electron chi connectivity index (χ1n) is 9.36. The van der Waals surface area contributed by atoms with Crippen LogP contribution in [0.4, 0.5) is 5.69 Å². The fraction of sp³-hybridized carbons (Fsp3) is 0.136. The minimum Gasteiger partial charge on any atom is -0.508 e. The number of anilines is 1. The summed E-state index contributed by atoms with van der Waals surface area (Å²) < 4.78 is 30.4. The Hall–Kier alpha value is -2.40. The normalized spacial score (nSPS) is 11.6. The third-order valence-electron chi connectivity index (χ3n) is 4.72. The summed E-state index contributed by atoms with van der Waals surface area (Å²) >= 11 is 6.38. The lowest BCUT2D eigenvalue weighted by molar-refractivity contribution is 0.103. The number of ether oxygens (including phenoxy) is 1. The van der Waals surface area contributed by atoms with Crippen molar-refractivity contribution < 1.29 is 23.1 Å². The van der Waals surface area contributed by atoms with Crippen molar-refractivity contribution in [1.29, 1.82) is 0 Å². The lowest BCUT2D eigenvalue weighted by Crippen LogP contribution is -2.18. The minimum absolute atomic E-state index is 0.114. The molecule has 0 atom stereocenters. The number of aromatic hydroxyl groups is 1. The fourth-order valence-electron chi connectivity index (χ4n) is 3.06. The van der Waals surface area contributed by atoms with Gasteiger partial charge in [-0.05, 0) is 86.3 Å². The Morgan fingerprint density at radius 1 is 1.03 bits per heavy atom. The molecule has 0 unspecified atom stereocenters. The van der Waals surface area contributed by atoms with Crippen LogP contribution < -0.4 is 15.6 Å². The highest BCUT2D eigenvalue weighted by molar-refractivity contribution is 9.11. The summed E-state index contributed by atoms with van der Waals surface area (Å²) in [5.74, 6) is 0.730. The molecule has 0 radical (unpaired) electrons. The van der Waals surface area contributed by atoms with E-state index in [2.05, 4.69) is 31.9 Å². The van der Waals surface area contributed by atoms with Crippen molar-refractivity contribution in [3.05, 3.63) is 74.2 Å². The van der Waals surface area contributed by atoms with Crippen molar-refractivity contribution in [3.63, 3.8) is 0 Å². The summed E-state index contributed by atoms with van der Waals surface area (Å²) in [5.41, 5.74) is 6.94. The topological polar surface area (TPSA) is 133 Å². The molecule has 0 aliphatic carbocycles. The quantitative estimate of drug-likeness (QED) is 0.266. The van der Waals surface area contributed by atoms with E-state index in [0.717, 1.165) is 5.56 Å². The Balaban J connectivity index is 1.95. The number of ketones is 1. The second-order valence-electron chi connectivity index (χ2n) is 7.34. The van der Waals surface area contributed by atoms with Crippen LogP contribution in [0.15, 0.2) is 62.4 Å². The van der Waals surface area contributed by atoms with Crippen LogP contribution in [0.5, 0.6) is 17.2 Å². The lowest BCUT2D eigenvalue weighted by Gasteiger charge is -2.14. The Kier molecular flexibility index (Phi) is 6.99. The van der Waals surface area contributed by atoms with E-state index in [9.17, 15) is 18.3 Å². The van der Waals surface area contributed by atoms with E-state index in [0.29, 0.717) is 16.0 Å². The van der Waals surface area contributed by atoms with E-state index >= 15 is 0 Å². The first-order valence-corrected chi connectivity index (χ1v) is 12.5. The van der Waals surface area contributed by atoms with Gasteiger partial charge >= 0.3 is 0 Å². The Bertz CT molecular complexity index is 1310. The van der Waals surface area contributed by atoms with Gasteiger partial charge in [-0.3, -0.25) is 4.79 Å². The zero-order valence-electron chi connectivity index (χ0n) is 17.1. The van der Waals surface area contributed by atoms with Crippen LogP contribution in [0.2, 0.25) is 0 Å². The van der Waals surface area contributed by atoms with Crippen molar-refractivity contribution in [2.24, 2.45) is 5.14 Å². The molecule has 3 rings (SSSR count). The first kappa shape index (κ1) is 24.2. The smallest absolute Gasteiger partial charge is 0.238 e. The van der Waals surface area contributed by atoms with E-state index in [-0.39, 0.29) is 37.8 Å². The van der Waals surface area contributed by atoms with Gasteiger partial charge in [0.2, 0.25) is 10.0 Å². The van der Waals surface area contributed by atoms with E-state index < -0.39 is 15.8 Å². The Morgan fingerprint density at radius 2 is 1.62 bits per heavy atom. The molecule has 0 aromatic heterocycles. The molecule has 168 valence electrons. The molecular weight excluding hydrogens is 564 g/mol. The van der Waals surface area contributed by atoms with E-state index in [4.69, 9.17) is 15.6 Å². The third-order valence-corrected chi connectivity index (χ3v) is 7.14. The van der Waals surface area contributed by atoms with Crippen LogP contribution in [0.3, 0.4) is 0 Å². The molecule has 0 saturated carbocycles. The van der Waals surface area contributed by atoms with Crippen molar-refractivity contribution in [2.45, 2.75) is 24.7 Å². The van der Waals surface area contributed by atoms with E-state index in [1.165, 1.54) is 18.2 Å². The number of benzene rings is 3. The maximum Gasteiger partial charge on any atom is 0.238 e. The number of sulfonamides is 1. The summed E-state index contributed by atoms with van der Waals surface area (Å²) in [6.07, 6.45) is 0. The van der Waals surface area contributed by atoms with Gasteiger partial charge < -0.3 is 15.6 Å². The van der Waals surface area contributed by atoms with Gasteiger partial charge in [0.1, 0.15) is 17.2 Å². The monoisotopic (exact) mass is 582 g/mol. The van der Waals surface area contributed by atoms with Gasteiger partial charge in [-0.25, -0.2) is 13.6 Å². The van der Waals surface area contributed by atoms with Crippen molar-refractivity contribution in [2.75, 3.05) is 5.73 Å². The van der Waals surface area contributed by atoms with Crippen LogP contribution >= 0.6 is 31.9 Å². The molecule has 32 heavy (non-hydrogen) atoms. The predicted octanol–water partition coefficient (Wildman–Crippen LogP) is 5.29. The molecular formula is C22H20Br2N2O5S. The zero-order chi connectivity index (χ0) is 23.8. The second kappa shape index (κ2) is 9.22. The zero-order valence-corrected chi connectivity index (χ0v) is 21.1. The summed E-state index contributed by atoms with van der Waals surface area (Å²) in [7, 11) is -4.19. The van der Waals surface area contributed by atoms with Crippen LogP contribution in [-0.4, -0.2) is 19.3 Å². The number of phenols is 1. The van der Waals surface area contributed by atoms with Crippen molar-refractivity contribution >= 4 is 53.4 Å².